The van der Waals surface area contributed by atoms with Crippen molar-refractivity contribution in [2.75, 3.05) is 25.3 Å². The van der Waals surface area contributed by atoms with E-state index in [0.29, 0.717) is 36.0 Å². The molecule has 0 saturated carbocycles. The Morgan fingerprint density at radius 2 is 2.30 bits per heavy atom. The van der Waals surface area contributed by atoms with Crippen LogP contribution < -0.4 is 14.8 Å². The molecule has 3 heterocycles. The Morgan fingerprint density at radius 3 is 3.13 bits per heavy atom. The SMILES string of the molecule is Cn1cc(C(=O)Nc2cccc3c2OCO3)c(C2CCOC2)n1. The molecule has 7 nitrogen and oxygen atoms in total. The normalized spacial score (nSPS) is 19.1. The molecule has 1 aromatic carbocycles. The van der Waals surface area contributed by atoms with Crippen molar-refractivity contribution < 1.29 is 19.0 Å². The van der Waals surface area contributed by atoms with Crippen LogP contribution in [0.15, 0.2) is 24.4 Å². The van der Waals surface area contributed by atoms with Gasteiger partial charge in [-0.3, -0.25) is 9.48 Å². The number of amides is 1. The lowest BCUT2D eigenvalue weighted by Crippen LogP contribution is -2.15. The molecule has 0 radical (unpaired) electrons. The predicted molar refractivity (Wildman–Crippen MR) is 81.9 cm³/mol. The van der Waals surface area contributed by atoms with Crippen LogP contribution in [0.2, 0.25) is 0 Å². The number of carbonyl (C=O) groups excluding carboxylic acids is 1. The molecule has 1 fully saturated rings. The molecule has 1 amide bonds. The van der Waals surface area contributed by atoms with Gasteiger partial charge in [0.1, 0.15) is 0 Å². The Kier molecular flexibility index (Phi) is 3.42. The number of rotatable bonds is 3. The summed E-state index contributed by atoms with van der Waals surface area (Å²) in [7, 11) is 1.81. The lowest BCUT2D eigenvalue weighted by atomic mass is 10.0. The second kappa shape index (κ2) is 5.58. The molecule has 0 spiro atoms. The molecular weight excluding hydrogens is 298 g/mol. The van der Waals surface area contributed by atoms with Crippen molar-refractivity contribution in [2.45, 2.75) is 12.3 Å². The van der Waals surface area contributed by atoms with Gasteiger partial charge in [0, 0.05) is 25.8 Å². The number of para-hydroxylation sites is 1. The largest absolute Gasteiger partial charge is 0.454 e. The van der Waals surface area contributed by atoms with Gasteiger partial charge in [0.2, 0.25) is 6.79 Å². The molecule has 1 aromatic heterocycles. The zero-order valence-electron chi connectivity index (χ0n) is 12.7. The number of nitrogens with one attached hydrogen (secondary N) is 1. The first kappa shape index (κ1) is 14.1. The second-order valence-electron chi connectivity index (χ2n) is 5.66. The average Bonchev–Trinajstić information content (AvgIpc) is 3.27. The highest BCUT2D eigenvalue weighted by Gasteiger charge is 2.27. The molecule has 0 aliphatic carbocycles. The first-order valence-corrected chi connectivity index (χ1v) is 7.53. The lowest BCUT2D eigenvalue weighted by Gasteiger charge is -2.10. The summed E-state index contributed by atoms with van der Waals surface area (Å²) in [5, 5.41) is 7.35. The minimum atomic E-state index is -0.205. The van der Waals surface area contributed by atoms with Crippen molar-refractivity contribution in [3.63, 3.8) is 0 Å². The maximum atomic E-state index is 12.7. The summed E-state index contributed by atoms with van der Waals surface area (Å²) >= 11 is 0. The fourth-order valence-corrected chi connectivity index (χ4v) is 2.95. The number of aryl methyl sites for hydroxylation is 1. The fraction of sp³-hybridized carbons (Fsp3) is 0.375. The fourth-order valence-electron chi connectivity index (χ4n) is 2.95. The van der Waals surface area contributed by atoms with Gasteiger partial charge in [-0.1, -0.05) is 6.07 Å². The van der Waals surface area contributed by atoms with Crippen LogP contribution in [0.25, 0.3) is 0 Å². The van der Waals surface area contributed by atoms with E-state index in [4.69, 9.17) is 14.2 Å². The smallest absolute Gasteiger partial charge is 0.259 e. The Bertz CT molecular complexity index is 750. The van der Waals surface area contributed by atoms with E-state index in [9.17, 15) is 4.79 Å². The number of nitrogens with zero attached hydrogens (tertiary/aromatic N) is 2. The van der Waals surface area contributed by atoms with E-state index in [1.807, 2.05) is 19.2 Å². The summed E-state index contributed by atoms with van der Waals surface area (Å²) in [5.41, 5.74) is 1.95. The number of hydrogen-bond acceptors (Lipinski definition) is 5. The predicted octanol–water partition coefficient (Wildman–Crippen LogP) is 1.90. The topological polar surface area (TPSA) is 74.6 Å². The summed E-state index contributed by atoms with van der Waals surface area (Å²) < 4.78 is 17.8. The highest BCUT2D eigenvalue weighted by atomic mass is 16.7. The van der Waals surface area contributed by atoms with E-state index in [2.05, 4.69) is 10.4 Å². The molecule has 1 atom stereocenters. The van der Waals surface area contributed by atoms with Crippen LogP contribution in [0.4, 0.5) is 5.69 Å². The van der Waals surface area contributed by atoms with Gasteiger partial charge in [-0.25, -0.2) is 0 Å². The zero-order valence-corrected chi connectivity index (χ0v) is 12.7. The van der Waals surface area contributed by atoms with E-state index in [0.717, 1.165) is 12.1 Å². The number of carbonyl (C=O) groups is 1. The van der Waals surface area contributed by atoms with E-state index in [-0.39, 0.29) is 18.6 Å². The number of benzene rings is 1. The minimum Gasteiger partial charge on any atom is -0.454 e. The first-order chi connectivity index (χ1) is 11.2. The quantitative estimate of drug-likeness (QED) is 0.936. The molecule has 1 saturated heterocycles. The van der Waals surface area contributed by atoms with Gasteiger partial charge in [0.25, 0.3) is 5.91 Å². The third-order valence-corrected chi connectivity index (χ3v) is 4.06. The van der Waals surface area contributed by atoms with Crippen LogP contribution in [0.5, 0.6) is 11.5 Å². The van der Waals surface area contributed by atoms with E-state index in [1.54, 1.807) is 16.9 Å². The summed E-state index contributed by atoms with van der Waals surface area (Å²) in [6.45, 7) is 1.48. The number of ether oxygens (including phenoxy) is 3. The second-order valence-corrected chi connectivity index (χ2v) is 5.66. The van der Waals surface area contributed by atoms with E-state index >= 15 is 0 Å². The van der Waals surface area contributed by atoms with Crippen LogP contribution >= 0.6 is 0 Å². The van der Waals surface area contributed by atoms with Gasteiger partial charge >= 0.3 is 0 Å². The van der Waals surface area contributed by atoms with Gasteiger partial charge < -0.3 is 19.5 Å². The van der Waals surface area contributed by atoms with Crippen LogP contribution in [0.1, 0.15) is 28.4 Å². The van der Waals surface area contributed by atoms with Gasteiger partial charge in [-0.05, 0) is 18.6 Å². The molecule has 2 aliphatic rings. The van der Waals surface area contributed by atoms with E-state index < -0.39 is 0 Å². The average molecular weight is 315 g/mol. The van der Waals surface area contributed by atoms with Gasteiger partial charge in [0.05, 0.1) is 23.6 Å². The maximum absolute atomic E-state index is 12.7. The minimum absolute atomic E-state index is 0.165. The van der Waals surface area contributed by atoms with Crippen molar-refractivity contribution in [3.8, 4) is 11.5 Å². The Balaban J connectivity index is 1.62. The first-order valence-electron chi connectivity index (χ1n) is 7.53. The summed E-state index contributed by atoms with van der Waals surface area (Å²) in [5.74, 6) is 1.16. The van der Waals surface area contributed by atoms with Crippen LogP contribution in [-0.4, -0.2) is 35.7 Å². The number of hydrogen-bond donors (Lipinski definition) is 1. The van der Waals surface area contributed by atoms with Crippen LogP contribution in [0.3, 0.4) is 0 Å². The molecule has 1 unspecified atom stereocenters. The molecule has 2 aliphatic heterocycles. The monoisotopic (exact) mass is 315 g/mol. The van der Waals surface area contributed by atoms with Crippen molar-refractivity contribution in [1.82, 2.24) is 9.78 Å². The molecular formula is C16H17N3O4. The van der Waals surface area contributed by atoms with Gasteiger partial charge in [-0.2, -0.15) is 5.10 Å². The lowest BCUT2D eigenvalue weighted by molar-refractivity contribution is 0.102. The molecule has 120 valence electrons. The van der Waals surface area contributed by atoms with Gasteiger partial charge in [-0.15, -0.1) is 0 Å². The molecule has 1 N–H and O–H groups in total. The molecule has 7 heteroatoms. The van der Waals surface area contributed by atoms with Crippen molar-refractivity contribution >= 4 is 11.6 Å². The highest BCUT2D eigenvalue weighted by molar-refractivity contribution is 6.06. The van der Waals surface area contributed by atoms with E-state index in [1.165, 1.54) is 0 Å². The van der Waals surface area contributed by atoms with Crippen molar-refractivity contribution in [3.05, 3.63) is 35.7 Å². The number of anilines is 1. The van der Waals surface area contributed by atoms with Gasteiger partial charge in [0.15, 0.2) is 11.5 Å². The number of fused-ring (bicyclic) bond motifs is 1. The third-order valence-electron chi connectivity index (χ3n) is 4.06. The molecule has 4 rings (SSSR count). The van der Waals surface area contributed by atoms with Crippen LogP contribution in [0, 0.1) is 0 Å². The van der Waals surface area contributed by atoms with Crippen LogP contribution in [-0.2, 0) is 11.8 Å². The standard InChI is InChI=1S/C16H17N3O4/c1-19-7-11(14(18-19)10-5-6-21-8-10)16(20)17-12-3-2-4-13-15(12)23-9-22-13/h2-4,7,10H,5-6,8-9H2,1H3,(H,17,20). The highest BCUT2D eigenvalue weighted by Crippen LogP contribution is 2.39. The molecule has 23 heavy (non-hydrogen) atoms. The summed E-state index contributed by atoms with van der Waals surface area (Å²) in [6, 6.07) is 5.42. The zero-order chi connectivity index (χ0) is 15.8. The maximum Gasteiger partial charge on any atom is 0.259 e. The molecule has 2 aromatic rings. The van der Waals surface area contributed by atoms with Crippen molar-refractivity contribution in [1.29, 1.82) is 0 Å². The Hall–Kier alpha value is -2.54. The molecule has 0 bridgehead atoms. The summed E-state index contributed by atoms with van der Waals surface area (Å²) in [6.07, 6.45) is 2.62. The Labute approximate surface area is 133 Å². The van der Waals surface area contributed by atoms with Crippen molar-refractivity contribution in [2.24, 2.45) is 7.05 Å². The third kappa shape index (κ3) is 2.53. The Morgan fingerprint density at radius 1 is 1.39 bits per heavy atom. The number of aromatic nitrogens is 2. The summed E-state index contributed by atoms with van der Waals surface area (Å²) in [4.78, 5) is 12.7.